The third-order valence-electron chi connectivity index (χ3n) is 4.81. The van der Waals surface area contributed by atoms with E-state index in [1.54, 1.807) is 72.8 Å². The average Bonchev–Trinajstić information content (AvgIpc) is 3.32. The van der Waals surface area contributed by atoms with Gasteiger partial charge in [0.05, 0.1) is 17.6 Å². The number of hydrogen-bond donors (Lipinski definition) is 4. The number of nitrogens with zero attached hydrogens (tertiary/aromatic N) is 1. The van der Waals surface area contributed by atoms with Crippen molar-refractivity contribution in [3.8, 4) is 0 Å². The highest BCUT2D eigenvalue weighted by molar-refractivity contribution is 7.14. The number of para-hydroxylation sites is 4. The van der Waals surface area contributed by atoms with E-state index in [4.69, 9.17) is 5.73 Å². The van der Waals surface area contributed by atoms with Gasteiger partial charge in [-0.15, -0.1) is 11.3 Å². The number of hydrogen-bond acceptors (Lipinski definition) is 6. The van der Waals surface area contributed by atoms with E-state index >= 15 is 0 Å². The summed E-state index contributed by atoms with van der Waals surface area (Å²) in [6.07, 6.45) is 1.34. The van der Waals surface area contributed by atoms with Crippen LogP contribution in [0, 0.1) is 0 Å². The van der Waals surface area contributed by atoms with Crippen molar-refractivity contribution < 1.29 is 14.4 Å². The molecular formula is C25H21N5O3S. The minimum atomic E-state index is -1.27. The topological polar surface area (TPSA) is 126 Å². The molecule has 3 aromatic carbocycles. The van der Waals surface area contributed by atoms with Gasteiger partial charge in [0.25, 0.3) is 5.91 Å². The minimum Gasteiger partial charge on any atom is -0.397 e. The number of carbonyl (C=O) groups is 3. The van der Waals surface area contributed by atoms with Gasteiger partial charge >= 0.3 is 0 Å². The first-order valence-corrected chi connectivity index (χ1v) is 11.2. The fourth-order valence-corrected chi connectivity index (χ4v) is 4.05. The Morgan fingerprint density at radius 2 is 1.26 bits per heavy atom. The normalized spacial score (nSPS) is 10.5. The van der Waals surface area contributed by atoms with Crippen molar-refractivity contribution in [2.75, 3.05) is 21.7 Å². The van der Waals surface area contributed by atoms with Crippen LogP contribution < -0.4 is 21.7 Å². The molecule has 1 aromatic heterocycles. The number of rotatable bonds is 7. The number of nitrogen functional groups attached to an aromatic ring is 1. The molecule has 0 radical (unpaired) electrons. The van der Waals surface area contributed by atoms with Gasteiger partial charge in [-0.2, -0.15) is 0 Å². The van der Waals surface area contributed by atoms with E-state index in [2.05, 4.69) is 20.9 Å². The van der Waals surface area contributed by atoms with Crippen LogP contribution in [0.25, 0.3) is 0 Å². The van der Waals surface area contributed by atoms with Gasteiger partial charge in [-0.3, -0.25) is 14.4 Å². The maximum absolute atomic E-state index is 13.1. The Hall–Kier alpha value is -4.50. The van der Waals surface area contributed by atoms with Crippen molar-refractivity contribution in [3.05, 3.63) is 101 Å². The molecule has 170 valence electrons. The van der Waals surface area contributed by atoms with Crippen molar-refractivity contribution in [3.63, 3.8) is 0 Å². The van der Waals surface area contributed by atoms with E-state index in [1.807, 2.05) is 12.1 Å². The van der Waals surface area contributed by atoms with Crippen LogP contribution in [0.5, 0.6) is 0 Å². The largest absolute Gasteiger partial charge is 0.397 e. The Morgan fingerprint density at radius 3 is 1.82 bits per heavy atom. The number of benzene rings is 3. The molecular weight excluding hydrogens is 450 g/mol. The molecule has 0 saturated heterocycles. The quantitative estimate of drug-likeness (QED) is 0.236. The first kappa shape index (κ1) is 22.7. The highest BCUT2D eigenvalue weighted by atomic mass is 32.1. The summed E-state index contributed by atoms with van der Waals surface area (Å²) in [6.45, 7) is 0. The number of carbonyl (C=O) groups excluding carboxylic acids is 3. The highest BCUT2D eigenvalue weighted by Gasteiger charge is 2.32. The van der Waals surface area contributed by atoms with Crippen molar-refractivity contribution in [1.82, 2.24) is 4.98 Å². The highest BCUT2D eigenvalue weighted by Crippen LogP contribution is 2.27. The van der Waals surface area contributed by atoms with Crippen LogP contribution in [-0.2, 0) is 9.59 Å². The standard InChI is InChI=1S/C25H21N5O3S/c26-18-13-7-8-14-19(18)30-22(31)20-15-27-25(34-20)21(23(32)28-16-9-3-1-4-10-16)24(33)29-17-11-5-2-6-12-17/h1-15,21H,26H2,(H,28,32)(H,29,33)(H,30,31). The zero-order valence-electron chi connectivity index (χ0n) is 17.9. The molecule has 4 aromatic rings. The molecule has 0 saturated carbocycles. The fraction of sp³-hybridized carbons (Fsp3) is 0.0400. The fourth-order valence-electron chi connectivity index (χ4n) is 3.14. The molecule has 9 heteroatoms. The lowest BCUT2D eigenvalue weighted by Crippen LogP contribution is -2.32. The predicted octanol–water partition coefficient (Wildman–Crippen LogP) is 4.34. The van der Waals surface area contributed by atoms with Gasteiger partial charge in [0.1, 0.15) is 9.88 Å². The second-order valence-electron chi connectivity index (χ2n) is 7.25. The summed E-state index contributed by atoms with van der Waals surface area (Å²) in [6, 6.07) is 24.5. The molecule has 0 spiro atoms. The van der Waals surface area contributed by atoms with Gasteiger partial charge in [0.2, 0.25) is 11.8 Å². The summed E-state index contributed by atoms with van der Waals surface area (Å²) in [4.78, 5) is 43.5. The molecule has 8 nitrogen and oxygen atoms in total. The molecule has 3 amide bonds. The van der Waals surface area contributed by atoms with Crippen molar-refractivity contribution in [2.24, 2.45) is 0 Å². The minimum absolute atomic E-state index is 0.188. The summed E-state index contributed by atoms with van der Waals surface area (Å²) >= 11 is 0.966. The third kappa shape index (κ3) is 5.45. The van der Waals surface area contributed by atoms with Crippen LogP contribution in [0.1, 0.15) is 20.6 Å². The molecule has 0 bridgehead atoms. The Kier molecular flexibility index (Phi) is 6.95. The smallest absolute Gasteiger partial charge is 0.267 e. The van der Waals surface area contributed by atoms with Crippen LogP contribution in [0.2, 0.25) is 0 Å². The molecule has 0 unspecified atom stereocenters. The summed E-state index contributed by atoms with van der Waals surface area (Å²) in [5.41, 5.74) is 7.86. The summed E-state index contributed by atoms with van der Waals surface area (Å²) in [5, 5.41) is 8.40. The Balaban J connectivity index is 1.58. The van der Waals surface area contributed by atoms with Crippen molar-refractivity contribution in [1.29, 1.82) is 0 Å². The number of aromatic nitrogens is 1. The lowest BCUT2D eigenvalue weighted by molar-refractivity contribution is -0.125. The van der Waals surface area contributed by atoms with Crippen LogP contribution in [0.4, 0.5) is 22.7 Å². The first-order chi connectivity index (χ1) is 16.5. The number of anilines is 4. The van der Waals surface area contributed by atoms with Crippen LogP contribution in [-0.4, -0.2) is 22.7 Å². The molecule has 0 aliphatic heterocycles. The van der Waals surface area contributed by atoms with Gasteiger partial charge in [-0.25, -0.2) is 4.98 Å². The zero-order valence-corrected chi connectivity index (χ0v) is 18.7. The number of amides is 3. The maximum atomic E-state index is 13.1. The molecule has 0 aliphatic rings. The molecule has 1 heterocycles. The van der Waals surface area contributed by atoms with Crippen molar-refractivity contribution in [2.45, 2.75) is 5.92 Å². The molecule has 0 aliphatic carbocycles. The third-order valence-corrected chi connectivity index (χ3v) is 5.87. The Labute approximate surface area is 199 Å². The van der Waals surface area contributed by atoms with Gasteiger partial charge < -0.3 is 21.7 Å². The summed E-state index contributed by atoms with van der Waals surface area (Å²) in [7, 11) is 0. The maximum Gasteiger partial charge on any atom is 0.267 e. The molecule has 5 N–H and O–H groups in total. The molecule has 0 atom stereocenters. The molecule has 0 fully saturated rings. The van der Waals surface area contributed by atoms with E-state index < -0.39 is 23.6 Å². The van der Waals surface area contributed by atoms with E-state index in [1.165, 1.54) is 6.20 Å². The van der Waals surface area contributed by atoms with E-state index in [0.29, 0.717) is 22.7 Å². The van der Waals surface area contributed by atoms with Crippen LogP contribution >= 0.6 is 11.3 Å². The summed E-state index contributed by atoms with van der Waals surface area (Å²) < 4.78 is 0. The number of nitrogens with one attached hydrogen (secondary N) is 3. The predicted molar refractivity (Wildman–Crippen MR) is 134 cm³/mol. The first-order valence-electron chi connectivity index (χ1n) is 10.3. The number of nitrogens with two attached hydrogens (primary N) is 1. The second-order valence-corrected chi connectivity index (χ2v) is 8.31. The van der Waals surface area contributed by atoms with Crippen LogP contribution in [0.3, 0.4) is 0 Å². The average molecular weight is 472 g/mol. The van der Waals surface area contributed by atoms with Crippen LogP contribution in [0.15, 0.2) is 91.1 Å². The Bertz CT molecular complexity index is 1250. The van der Waals surface area contributed by atoms with E-state index in [9.17, 15) is 14.4 Å². The zero-order chi connectivity index (χ0) is 23.9. The Morgan fingerprint density at radius 1 is 0.735 bits per heavy atom. The van der Waals surface area contributed by atoms with Gasteiger partial charge in [-0.1, -0.05) is 48.5 Å². The molecule has 4 rings (SSSR count). The lowest BCUT2D eigenvalue weighted by atomic mass is 10.1. The summed E-state index contributed by atoms with van der Waals surface area (Å²) in [5.74, 6) is -2.83. The van der Waals surface area contributed by atoms with E-state index in [0.717, 1.165) is 11.3 Å². The number of thiazole rings is 1. The lowest BCUT2D eigenvalue weighted by Gasteiger charge is -2.15. The molecule has 34 heavy (non-hydrogen) atoms. The van der Waals surface area contributed by atoms with Gasteiger partial charge in [0.15, 0.2) is 5.92 Å². The monoisotopic (exact) mass is 471 g/mol. The second kappa shape index (κ2) is 10.4. The van der Waals surface area contributed by atoms with Crippen molar-refractivity contribution >= 4 is 51.8 Å². The SMILES string of the molecule is Nc1ccccc1NC(=O)c1cnc(C(C(=O)Nc2ccccc2)C(=O)Nc2ccccc2)s1. The van der Waals surface area contributed by atoms with E-state index in [-0.39, 0.29) is 9.88 Å². The van der Waals surface area contributed by atoms with Gasteiger partial charge in [-0.05, 0) is 36.4 Å². The van der Waals surface area contributed by atoms with Gasteiger partial charge in [0, 0.05) is 11.4 Å².